The molecule has 0 aliphatic heterocycles. The Morgan fingerprint density at radius 1 is 1.35 bits per heavy atom. The molecule has 17 heavy (non-hydrogen) atoms. The lowest BCUT2D eigenvalue weighted by Gasteiger charge is -2.10. The Balaban J connectivity index is 2.12. The lowest BCUT2D eigenvalue weighted by molar-refractivity contribution is 0.469. The van der Waals surface area contributed by atoms with E-state index in [0.29, 0.717) is 12.3 Å². The van der Waals surface area contributed by atoms with Crippen LogP contribution in [0.3, 0.4) is 0 Å². The number of benzene rings is 1. The van der Waals surface area contributed by atoms with Crippen LogP contribution in [0.25, 0.3) is 0 Å². The Kier molecular flexibility index (Phi) is 3.64. The number of halogens is 1. The minimum absolute atomic E-state index is 0.294. The fourth-order valence-electron chi connectivity index (χ4n) is 1.54. The highest BCUT2D eigenvalue weighted by Gasteiger charge is 2.03. The van der Waals surface area contributed by atoms with Crippen molar-refractivity contribution in [3.05, 3.63) is 52.3 Å². The van der Waals surface area contributed by atoms with Crippen LogP contribution in [0.4, 0.5) is 5.69 Å². The topological polar surface area (TPSA) is 45.2 Å². The number of hydrogen-bond donors (Lipinski definition) is 2. The van der Waals surface area contributed by atoms with Crippen LogP contribution in [0.1, 0.15) is 11.1 Å². The van der Waals surface area contributed by atoms with Crippen molar-refractivity contribution in [3.63, 3.8) is 0 Å². The Morgan fingerprint density at radius 2 is 2.18 bits per heavy atom. The number of aryl methyl sites for hydroxylation is 1. The fourth-order valence-corrected chi connectivity index (χ4v) is 1.94. The van der Waals surface area contributed by atoms with E-state index in [4.69, 9.17) is 0 Å². The molecule has 2 aromatic rings. The summed E-state index contributed by atoms with van der Waals surface area (Å²) in [7, 11) is 0. The van der Waals surface area contributed by atoms with E-state index in [0.717, 1.165) is 21.3 Å². The number of hydrogen-bond acceptors (Lipinski definition) is 3. The number of phenols is 1. The van der Waals surface area contributed by atoms with Crippen molar-refractivity contribution in [2.45, 2.75) is 13.5 Å². The quantitative estimate of drug-likeness (QED) is 0.910. The molecule has 88 valence electrons. The van der Waals surface area contributed by atoms with Gasteiger partial charge in [-0.05, 0) is 36.8 Å². The van der Waals surface area contributed by atoms with Crippen LogP contribution < -0.4 is 5.32 Å². The molecule has 0 aliphatic carbocycles. The van der Waals surface area contributed by atoms with Crippen LogP contribution in [0.2, 0.25) is 0 Å². The number of nitrogens with zero attached hydrogens (tertiary/aromatic N) is 1. The number of anilines is 1. The summed E-state index contributed by atoms with van der Waals surface area (Å²) in [4.78, 5) is 4.06. The van der Waals surface area contributed by atoms with Gasteiger partial charge >= 0.3 is 0 Å². The van der Waals surface area contributed by atoms with E-state index >= 15 is 0 Å². The molecule has 1 aromatic carbocycles. The predicted octanol–water partition coefficient (Wildman–Crippen LogP) is 3.47. The van der Waals surface area contributed by atoms with Crippen molar-refractivity contribution < 1.29 is 5.11 Å². The first-order valence-electron chi connectivity index (χ1n) is 5.28. The molecule has 1 heterocycles. The van der Waals surface area contributed by atoms with Gasteiger partial charge in [0.05, 0.1) is 11.9 Å². The summed E-state index contributed by atoms with van der Waals surface area (Å²) < 4.78 is 0.954. The van der Waals surface area contributed by atoms with Crippen molar-refractivity contribution in [1.29, 1.82) is 0 Å². The number of pyridine rings is 1. The number of aromatic hydroxyl groups is 1. The molecule has 0 spiro atoms. The van der Waals surface area contributed by atoms with Gasteiger partial charge in [0, 0.05) is 22.8 Å². The monoisotopic (exact) mass is 292 g/mol. The second-order valence-corrected chi connectivity index (χ2v) is 4.73. The molecule has 0 atom stereocenters. The molecule has 3 nitrogen and oxygen atoms in total. The van der Waals surface area contributed by atoms with Crippen molar-refractivity contribution >= 4 is 21.6 Å². The van der Waals surface area contributed by atoms with Crippen LogP contribution in [-0.2, 0) is 6.54 Å². The van der Waals surface area contributed by atoms with E-state index in [9.17, 15) is 5.11 Å². The molecular formula is C13H13BrN2O. The Labute approximate surface area is 109 Å². The van der Waals surface area contributed by atoms with E-state index in [-0.39, 0.29) is 0 Å². The van der Waals surface area contributed by atoms with Crippen LogP contribution in [0.15, 0.2) is 41.1 Å². The molecule has 0 saturated carbocycles. The fraction of sp³-hybridized carbons (Fsp3) is 0.154. The minimum Gasteiger partial charge on any atom is -0.508 e. The summed E-state index contributed by atoms with van der Waals surface area (Å²) in [5, 5.41) is 13.0. The second kappa shape index (κ2) is 5.19. The number of rotatable bonds is 3. The Morgan fingerprint density at radius 3 is 2.94 bits per heavy atom. The van der Waals surface area contributed by atoms with Gasteiger partial charge in [-0.1, -0.05) is 15.9 Å². The first-order valence-corrected chi connectivity index (χ1v) is 6.08. The maximum atomic E-state index is 9.71. The normalized spacial score (nSPS) is 10.2. The van der Waals surface area contributed by atoms with Gasteiger partial charge < -0.3 is 10.4 Å². The third-order valence-electron chi connectivity index (χ3n) is 2.55. The zero-order valence-corrected chi connectivity index (χ0v) is 11.0. The highest BCUT2D eigenvalue weighted by Crippen LogP contribution is 2.23. The molecule has 0 amide bonds. The van der Waals surface area contributed by atoms with Crippen molar-refractivity contribution in [1.82, 2.24) is 4.98 Å². The first kappa shape index (κ1) is 11.9. The van der Waals surface area contributed by atoms with Gasteiger partial charge in [0.25, 0.3) is 0 Å². The van der Waals surface area contributed by atoms with Crippen molar-refractivity contribution in [3.8, 4) is 5.75 Å². The highest BCUT2D eigenvalue weighted by atomic mass is 79.9. The summed E-state index contributed by atoms with van der Waals surface area (Å²) >= 11 is 3.39. The predicted molar refractivity (Wildman–Crippen MR) is 72.1 cm³/mol. The molecule has 0 radical (unpaired) electrons. The molecule has 0 aliphatic rings. The third-order valence-corrected chi connectivity index (χ3v) is 3.04. The largest absolute Gasteiger partial charge is 0.508 e. The molecule has 0 fully saturated rings. The highest BCUT2D eigenvalue weighted by molar-refractivity contribution is 9.10. The molecule has 1 aromatic heterocycles. The van der Waals surface area contributed by atoms with Gasteiger partial charge in [0.1, 0.15) is 5.75 Å². The zero-order valence-electron chi connectivity index (χ0n) is 9.44. The lowest BCUT2D eigenvalue weighted by atomic mass is 10.2. The van der Waals surface area contributed by atoms with E-state index in [1.165, 1.54) is 0 Å². The van der Waals surface area contributed by atoms with Gasteiger partial charge in [-0.15, -0.1) is 0 Å². The first-order chi connectivity index (χ1) is 8.16. The van der Waals surface area contributed by atoms with Crippen LogP contribution >= 0.6 is 15.9 Å². The van der Waals surface area contributed by atoms with Crippen LogP contribution in [0, 0.1) is 6.92 Å². The molecule has 2 rings (SSSR count). The summed E-state index contributed by atoms with van der Waals surface area (Å²) in [5.41, 5.74) is 2.96. The standard InChI is InChI=1S/C13H13BrN2O/c1-9-4-5-15-8-12(9)16-7-10-6-11(14)2-3-13(10)17/h2-6,8,16-17H,7H2,1H3. The number of phenolic OH excluding ortho intramolecular Hbond substituents is 1. The smallest absolute Gasteiger partial charge is 0.120 e. The Bertz CT molecular complexity index is 529. The van der Waals surface area contributed by atoms with Gasteiger partial charge in [0.15, 0.2) is 0 Å². The molecule has 4 heteroatoms. The van der Waals surface area contributed by atoms with Crippen LogP contribution in [0.5, 0.6) is 5.75 Å². The average Bonchev–Trinajstić information content (AvgIpc) is 2.32. The van der Waals surface area contributed by atoms with E-state index in [2.05, 4.69) is 26.2 Å². The summed E-state index contributed by atoms with van der Waals surface area (Å²) in [6.07, 6.45) is 3.54. The number of aromatic nitrogens is 1. The minimum atomic E-state index is 0.294. The second-order valence-electron chi connectivity index (χ2n) is 3.82. The molecule has 0 bridgehead atoms. The van der Waals surface area contributed by atoms with Gasteiger partial charge in [0.2, 0.25) is 0 Å². The molecule has 2 N–H and O–H groups in total. The maximum absolute atomic E-state index is 9.71. The van der Waals surface area contributed by atoms with E-state index in [1.54, 1.807) is 18.5 Å². The van der Waals surface area contributed by atoms with E-state index < -0.39 is 0 Å². The summed E-state index contributed by atoms with van der Waals surface area (Å²) in [6.45, 7) is 2.59. The van der Waals surface area contributed by atoms with Crippen molar-refractivity contribution in [2.24, 2.45) is 0 Å². The van der Waals surface area contributed by atoms with Gasteiger partial charge in [-0.2, -0.15) is 0 Å². The van der Waals surface area contributed by atoms with Gasteiger partial charge in [-0.25, -0.2) is 0 Å². The third kappa shape index (κ3) is 2.97. The number of nitrogens with one attached hydrogen (secondary N) is 1. The average molecular weight is 293 g/mol. The lowest BCUT2D eigenvalue weighted by Crippen LogP contribution is -2.01. The van der Waals surface area contributed by atoms with E-state index in [1.807, 2.05) is 25.1 Å². The van der Waals surface area contributed by atoms with Crippen molar-refractivity contribution in [2.75, 3.05) is 5.32 Å². The summed E-state index contributed by atoms with van der Waals surface area (Å²) in [5.74, 6) is 0.294. The SMILES string of the molecule is Cc1ccncc1NCc1cc(Br)ccc1O. The molecule has 0 unspecified atom stereocenters. The summed E-state index contributed by atoms with van der Waals surface area (Å²) in [6, 6.07) is 7.34. The molecular weight excluding hydrogens is 280 g/mol. The van der Waals surface area contributed by atoms with Gasteiger partial charge in [-0.3, -0.25) is 4.98 Å². The molecule has 0 saturated heterocycles. The van der Waals surface area contributed by atoms with Crippen LogP contribution in [-0.4, -0.2) is 10.1 Å². The maximum Gasteiger partial charge on any atom is 0.120 e. The Hall–Kier alpha value is -1.55. The zero-order chi connectivity index (χ0) is 12.3.